The summed E-state index contributed by atoms with van der Waals surface area (Å²) in [5, 5.41) is 0. The van der Waals surface area contributed by atoms with Crippen molar-refractivity contribution in [1.29, 1.82) is 0 Å². The summed E-state index contributed by atoms with van der Waals surface area (Å²) in [7, 11) is 3.13. The van der Waals surface area contributed by atoms with Crippen molar-refractivity contribution in [2.24, 2.45) is 0 Å². The van der Waals surface area contributed by atoms with E-state index in [0.29, 0.717) is 60.9 Å². The van der Waals surface area contributed by atoms with Crippen molar-refractivity contribution in [2.45, 2.75) is 44.0 Å². The van der Waals surface area contributed by atoms with E-state index in [1.54, 1.807) is 43.4 Å². The molecule has 7 nitrogen and oxygen atoms in total. The van der Waals surface area contributed by atoms with Crippen LogP contribution in [0, 0.1) is 0 Å². The zero-order valence-electron chi connectivity index (χ0n) is 21.3. The minimum Gasteiger partial charge on any atom is -0.493 e. The number of benzene rings is 2. The first kappa shape index (κ1) is 26.1. The van der Waals surface area contributed by atoms with Gasteiger partial charge in [-0.2, -0.15) is 13.2 Å². The summed E-state index contributed by atoms with van der Waals surface area (Å²) in [6.45, 7) is 1.68. The highest BCUT2D eigenvalue weighted by molar-refractivity contribution is 5.92. The number of halogens is 3. The van der Waals surface area contributed by atoms with Gasteiger partial charge in [0.25, 0.3) is 0 Å². The van der Waals surface area contributed by atoms with Gasteiger partial charge in [-0.05, 0) is 67.7 Å². The summed E-state index contributed by atoms with van der Waals surface area (Å²) in [5.41, 5.74) is 1.09. The van der Waals surface area contributed by atoms with Crippen LogP contribution < -0.4 is 9.47 Å². The molecule has 0 unspecified atom stereocenters. The van der Waals surface area contributed by atoms with Crippen LogP contribution in [-0.4, -0.2) is 54.3 Å². The number of amides is 1. The lowest BCUT2D eigenvalue weighted by molar-refractivity contribution is -0.137. The molecule has 0 radical (unpaired) electrons. The van der Waals surface area contributed by atoms with Gasteiger partial charge in [-0.25, -0.2) is 4.98 Å². The molecule has 202 valence electrons. The van der Waals surface area contributed by atoms with Gasteiger partial charge in [0.2, 0.25) is 5.91 Å². The summed E-state index contributed by atoms with van der Waals surface area (Å²) < 4.78 is 58.5. The molecule has 2 aromatic carbocycles. The summed E-state index contributed by atoms with van der Waals surface area (Å²) in [6.07, 6.45) is 1.64. The molecule has 0 aliphatic carbocycles. The van der Waals surface area contributed by atoms with Crippen molar-refractivity contribution < 1.29 is 32.2 Å². The van der Waals surface area contributed by atoms with E-state index in [1.165, 1.54) is 6.07 Å². The van der Waals surface area contributed by atoms with Crippen LogP contribution in [0.15, 0.2) is 42.5 Å². The first-order valence-electron chi connectivity index (χ1n) is 12.7. The number of piperidine rings is 1. The Bertz CT molecular complexity index is 1340. The Hall–Kier alpha value is -3.53. The molecule has 0 N–H and O–H groups in total. The molecule has 2 aliphatic rings. The van der Waals surface area contributed by atoms with Gasteiger partial charge in [0.15, 0.2) is 11.5 Å². The molecule has 1 aromatic heterocycles. The molecule has 0 spiro atoms. The maximum absolute atomic E-state index is 13.3. The molecule has 38 heavy (non-hydrogen) atoms. The van der Waals surface area contributed by atoms with Gasteiger partial charge in [0.1, 0.15) is 11.9 Å². The number of alkyl halides is 3. The van der Waals surface area contributed by atoms with Crippen molar-refractivity contribution in [3.05, 3.63) is 59.4 Å². The first-order chi connectivity index (χ1) is 18.3. The summed E-state index contributed by atoms with van der Waals surface area (Å²) in [6, 6.07) is 9.17. The number of nitrogens with zero attached hydrogens (tertiary/aromatic N) is 3. The van der Waals surface area contributed by atoms with Crippen LogP contribution in [0.4, 0.5) is 13.2 Å². The van der Waals surface area contributed by atoms with Crippen molar-refractivity contribution in [3.8, 4) is 11.5 Å². The maximum atomic E-state index is 13.3. The minimum absolute atomic E-state index is 0.00909. The molecule has 1 amide bonds. The highest BCUT2D eigenvalue weighted by Gasteiger charge is 2.34. The van der Waals surface area contributed by atoms with Gasteiger partial charge >= 0.3 is 6.18 Å². The third-order valence-electron chi connectivity index (χ3n) is 7.23. The molecule has 0 saturated carbocycles. The molecule has 2 saturated heterocycles. The van der Waals surface area contributed by atoms with E-state index in [4.69, 9.17) is 14.2 Å². The molecular formula is C28H30F3N3O4. The third kappa shape index (κ3) is 5.22. The largest absolute Gasteiger partial charge is 0.493 e. The van der Waals surface area contributed by atoms with Crippen molar-refractivity contribution in [3.63, 3.8) is 0 Å². The quantitative estimate of drug-likeness (QED) is 0.378. The molecule has 2 aliphatic heterocycles. The van der Waals surface area contributed by atoms with Crippen LogP contribution in [0.3, 0.4) is 0 Å². The fraction of sp³-hybridized carbons (Fsp3) is 0.429. The Morgan fingerprint density at radius 1 is 1.05 bits per heavy atom. The standard InChI is InChI=1S/C28H30F3N3O4/c1-36-23-9-5-18(16-25(23)37-2)6-10-26(35)33-13-11-20(12-14-33)34-22-8-7-19(28(29,30)31)17-21(22)32-27(34)24-4-3-15-38-24/h5-10,16-17,20,24H,3-4,11-15H2,1-2H3/b10-6+/t24-/m1/s1. The number of carbonyl (C=O) groups is 1. The second kappa shape index (κ2) is 10.7. The number of likely N-dealkylation sites (tertiary alicyclic amines) is 1. The highest BCUT2D eigenvalue weighted by Crippen LogP contribution is 2.38. The number of ether oxygens (including phenoxy) is 3. The Morgan fingerprint density at radius 3 is 2.47 bits per heavy atom. The number of imidazole rings is 1. The van der Waals surface area contributed by atoms with E-state index in [-0.39, 0.29) is 18.1 Å². The number of aromatic nitrogens is 2. The molecule has 10 heteroatoms. The number of fused-ring (bicyclic) bond motifs is 1. The summed E-state index contributed by atoms with van der Waals surface area (Å²) in [4.78, 5) is 19.3. The third-order valence-corrected chi connectivity index (χ3v) is 7.23. The minimum atomic E-state index is -4.43. The average Bonchev–Trinajstić information content (AvgIpc) is 3.59. The SMILES string of the molecule is COc1ccc(/C=C/C(=O)N2CCC(n3c([C@H]4CCCO4)nc4cc(C(F)(F)F)ccc43)CC2)cc1OC. The average molecular weight is 530 g/mol. The second-order valence-corrected chi connectivity index (χ2v) is 9.55. The van der Waals surface area contributed by atoms with E-state index in [1.807, 2.05) is 10.6 Å². The van der Waals surface area contributed by atoms with Crippen molar-refractivity contribution in [1.82, 2.24) is 14.5 Å². The fourth-order valence-electron chi connectivity index (χ4n) is 5.26. The van der Waals surface area contributed by atoms with Crippen molar-refractivity contribution >= 4 is 23.0 Å². The molecule has 0 bridgehead atoms. The van der Waals surface area contributed by atoms with E-state index < -0.39 is 11.7 Å². The molecule has 2 fully saturated rings. The number of hydrogen-bond donors (Lipinski definition) is 0. The smallest absolute Gasteiger partial charge is 0.416 e. The van der Waals surface area contributed by atoms with Gasteiger partial charge in [-0.3, -0.25) is 4.79 Å². The van der Waals surface area contributed by atoms with Gasteiger partial charge in [-0.1, -0.05) is 6.07 Å². The van der Waals surface area contributed by atoms with Crippen LogP contribution in [0.25, 0.3) is 17.1 Å². The number of methoxy groups -OCH3 is 2. The van der Waals surface area contributed by atoms with Crippen LogP contribution in [0.5, 0.6) is 11.5 Å². The van der Waals surface area contributed by atoms with Gasteiger partial charge in [0, 0.05) is 31.8 Å². The monoisotopic (exact) mass is 529 g/mol. The van der Waals surface area contributed by atoms with Gasteiger partial charge in [0.05, 0.1) is 30.8 Å². The number of hydrogen-bond acceptors (Lipinski definition) is 5. The Morgan fingerprint density at radius 2 is 1.82 bits per heavy atom. The van der Waals surface area contributed by atoms with E-state index in [2.05, 4.69) is 4.98 Å². The Kier molecular flexibility index (Phi) is 7.34. The van der Waals surface area contributed by atoms with Crippen molar-refractivity contribution in [2.75, 3.05) is 33.9 Å². The normalized spacial score (nSPS) is 19.0. The Balaban J connectivity index is 1.32. The van der Waals surface area contributed by atoms with Crippen LogP contribution >= 0.6 is 0 Å². The molecule has 5 rings (SSSR count). The predicted octanol–water partition coefficient (Wildman–Crippen LogP) is 5.80. The van der Waals surface area contributed by atoms with E-state index in [0.717, 1.165) is 30.5 Å². The molecule has 1 atom stereocenters. The molecule has 3 heterocycles. The number of carbonyl (C=O) groups excluding carboxylic acids is 1. The zero-order valence-corrected chi connectivity index (χ0v) is 21.3. The molecule has 3 aromatic rings. The maximum Gasteiger partial charge on any atom is 0.416 e. The van der Waals surface area contributed by atoms with Crippen LogP contribution in [0.2, 0.25) is 0 Å². The molecular weight excluding hydrogens is 499 g/mol. The summed E-state index contributed by atoms with van der Waals surface area (Å²) in [5.74, 6) is 1.78. The highest BCUT2D eigenvalue weighted by atomic mass is 19.4. The number of rotatable bonds is 6. The first-order valence-corrected chi connectivity index (χ1v) is 12.7. The zero-order chi connectivity index (χ0) is 26.9. The summed E-state index contributed by atoms with van der Waals surface area (Å²) >= 11 is 0. The van der Waals surface area contributed by atoms with Gasteiger partial charge in [-0.15, -0.1) is 0 Å². The van der Waals surface area contributed by atoms with Gasteiger partial charge < -0.3 is 23.7 Å². The Labute approximate surface area is 218 Å². The lowest BCUT2D eigenvalue weighted by Gasteiger charge is -2.33. The fourth-order valence-corrected chi connectivity index (χ4v) is 5.26. The van der Waals surface area contributed by atoms with Crippen LogP contribution in [0.1, 0.15) is 54.8 Å². The predicted molar refractivity (Wildman–Crippen MR) is 136 cm³/mol. The topological polar surface area (TPSA) is 65.8 Å². The second-order valence-electron chi connectivity index (χ2n) is 9.55. The lowest BCUT2D eigenvalue weighted by atomic mass is 10.0. The van der Waals surface area contributed by atoms with E-state index >= 15 is 0 Å². The van der Waals surface area contributed by atoms with E-state index in [9.17, 15) is 18.0 Å². The van der Waals surface area contributed by atoms with Crippen LogP contribution in [-0.2, 0) is 15.7 Å². The lowest BCUT2D eigenvalue weighted by Crippen LogP contribution is -2.38.